The van der Waals surface area contributed by atoms with Gasteiger partial charge in [-0.1, -0.05) is 24.3 Å². The van der Waals surface area contributed by atoms with E-state index < -0.39 is 11.8 Å². The van der Waals surface area contributed by atoms with E-state index in [-0.39, 0.29) is 19.6 Å². The molecule has 0 spiro atoms. The van der Waals surface area contributed by atoms with E-state index in [1.54, 1.807) is 19.2 Å². The number of aromatic nitrogens is 3. The minimum absolute atomic E-state index is 0.0680. The molecule has 0 atom stereocenters. The number of nitrogen functional groups attached to an aromatic ring is 1. The predicted octanol–water partition coefficient (Wildman–Crippen LogP) is 6.38. The van der Waals surface area contributed by atoms with Gasteiger partial charge in [0.05, 0.1) is 24.6 Å². The molecule has 2 N–H and O–H groups in total. The number of pyridine rings is 1. The number of anilines is 1. The number of benzene rings is 3. The Morgan fingerprint density at radius 3 is 2.74 bits per heavy atom. The molecular formula is C31H29FN4O3. The molecule has 1 fully saturated rings. The zero-order valence-electron chi connectivity index (χ0n) is 21.7. The predicted molar refractivity (Wildman–Crippen MR) is 149 cm³/mol. The topological polar surface area (TPSA) is 92.3 Å². The van der Waals surface area contributed by atoms with E-state index in [9.17, 15) is 9.18 Å². The van der Waals surface area contributed by atoms with Crippen molar-refractivity contribution in [3.63, 3.8) is 0 Å². The molecule has 6 rings (SSSR count). The number of esters is 1. The van der Waals surface area contributed by atoms with Gasteiger partial charge in [-0.15, -0.1) is 0 Å². The Morgan fingerprint density at radius 1 is 1.08 bits per heavy atom. The summed E-state index contributed by atoms with van der Waals surface area (Å²) in [6.07, 6.45) is 5.03. The maximum Gasteiger partial charge on any atom is 0.310 e. The molecule has 2 heterocycles. The molecule has 39 heavy (non-hydrogen) atoms. The minimum Gasteiger partial charge on any atom is -0.487 e. The first-order valence-corrected chi connectivity index (χ1v) is 13.2. The van der Waals surface area contributed by atoms with Crippen molar-refractivity contribution >= 4 is 33.5 Å². The van der Waals surface area contributed by atoms with Crippen LogP contribution in [-0.4, -0.2) is 27.3 Å². The number of hydrogen-bond acceptors (Lipinski definition) is 6. The quantitative estimate of drug-likeness (QED) is 0.237. The Labute approximate surface area is 225 Å². The summed E-state index contributed by atoms with van der Waals surface area (Å²) in [6, 6.07) is 19.0. The third-order valence-corrected chi connectivity index (χ3v) is 7.38. The fourth-order valence-corrected chi connectivity index (χ4v) is 5.21. The lowest BCUT2D eigenvalue weighted by atomic mass is 9.93. The van der Waals surface area contributed by atoms with Gasteiger partial charge in [0.1, 0.15) is 29.7 Å². The van der Waals surface area contributed by atoms with E-state index in [2.05, 4.69) is 33.9 Å². The van der Waals surface area contributed by atoms with Gasteiger partial charge in [0, 0.05) is 22.5 Å². The first-order valence-electron chi connectivity index (χ1n) is 13.2. The molecule has 1 aliphatic rings. The van der Waals surface area contributed by atoms with Crippen LogP contribution in [0.3, 0.4) is 0 Å². The Balaban J connectivity index is 1.38. The van der Waals surface area contributed by atoms with E-state index in [0.717, 1.165) is 51.3 Å². The van der Waals surface area contributed by atoms with Crippen LogP contribution in [0.1, 0.15) is 43.5 Å². The van der Waals surface area contributed by atoms with Gasteiger partial charge in [-0.25, -0.2) is 9.37 Å². The molecular weight excluding hydrogens is 495 g/mol. The minimum atomic E-state index is -0.433. The average molecular weight is 525 g/mol. The lowest BCUT2D eigenvalue weighted by molar-refractivity contribution is -0.142. The van der Waals surface area contributed by atoms with Crippen LogP contribution in [0.25, 0.3) is 32.8 Å². The van der Waals surface area contributed by atoms with Crippen LogP contribution >= 0.6 is 0 Å². The molecule has 3 aromatic carbocycles. The van der Waals surface area contributed by atoms with Crippen molar-refractivity contribution in [3.05, 3.63) is 83.9 Å². The number of nitrogens with two attached hydrogens (primary N) is 1. The molecule has 0 unspecified atom stereocenters. The van der Waals surface area contributed by atoms with E-state index in [0.29, 0.717) is 23.2 Å². The van der Waals surface area contributed by atoms with Crippen molar-refractivity contribution in [2.24, 2.45) is 0 Å². The highest BCUT2D eigenvalue weighted by atomic mass is 19.1. The summed E-state index contributed by atoms with van der Waals surface area (Å²) in [6.45, 7) is 2.17. The number of ether oxygens (including phenoxy) is 2. The second kappa shape index (κ2) is 10.4. The van der Waals surface area contributed by atoms with Crippen LogP contribution in [0.5, 0.6) is 5.75 Å². The highest BCUT2D eigenvalue weighted by Crippen LogP contribution is 2.37. The summed E-state index contributed by atoms with van der Waals surface area (Å²) in [7, 11) is 0. The Kier molecular flexibility index (Phi) is 6.60. The molecule has 5 aromatic rings. The van der Waals surface area contributed by atoms with Crippen molar-refractivity contribution in [1.29, 1.82) is 0 Å². The van der Waals surface area contributed by atoms with Gasteiger partial charge in [-0.05, 0) is 79.1 Å². The van der Waals surface area contributed by atoms with Gasteiger partial charge in [0.25, 0.3) is 0 Å². The zero-order valence-corrected chi connectivity index (χ0v) is 21.7. The standard InChI is InChI=1S/C31H29FN4O3/c1-2-38-30(37)17-20-15-21(32)10-12-29(20)39-18-27-26-16-19(9-11-28(26)36(35-27)22-5-3-6-22)23-7-4-8-25-24(23)13-14-34-31(25)33/h4,7-16,22H,2-3,5-6,17-18H2,1H3,(H2,33,34). The largest absolute Gasteiger partial charge is 0.487 e. The normalized spacial score (nSPS) is 13.5. The molecule has 0 bridgehead atoms. The second-order valence-electron chi connectivity index (χ2n) is 9.83. The lowest BCUT2D eigenvalue weighted by Crippen LogP contribution is -2.18. The van der Waals surface area contributed by atoms with E-state index >= 15 is 0 Å². The summed E-state index contributed by atoms with van der Waals surface area (Å²) in [5.74, 6) is 0.0735. The van der Waals surface area contributed by atoms with E-state index in [1.165, 1.54) is 18.6 Å². The number of fused-ring (bicyclic) bond motifs is 2. The molecule has 1 aliphatic carbocycles. The van der Waals surface area contributed by atoms with Crippen LogP contribution in [0.4, 0.5) is 10.2 Å². The summed E-state index contributed by atoms with van der Waals surface area (Å²) in [5, 5.41) is 7.91. The summed E-state index contributed by atoms with van der Waals surface area (Å²) in [4.78, 5) is 16.3. The lowest BCUT2D eigenvalue weighted by Gasteiger charge is -2.26. The summed E-state index contributed by atoms with van der Waals surface area (Å²) >= 11 is 0. The van der Waals surface area contributed by atoms with Crippen molar-refractivity contribution in [2.45, 2.75) is 45.3 Å². The van der Waals surface area contributed by atoms with Crippen LogP contribution in [0.15, 0.2) is 66.9 Å². The number of halogens is 1. The maximum absolute atomic E-state index is 14.0. The molecule has 1 saturated carbocycles. The van der Waals surface area contributed by atoms with Crippen LogP contribution in [0, 0.1) is 5.82 Å². The van der Waals surface area contributed by atoms with Crippen molar-refractivity contribution < 1.29 is 18.7 Å². The fourth-order valence-electron chi connectivity index (χ4n) is 5.21. The molecule has 198 valence electrons. The average Bonchev–Trinajstić information content (AvgIpc) is 3.24. The van der Waals surface area contributed by atoms with Crippen molar-refractivity contribution in [1.82, 2.24) is 14.8 Å². The van der Waals surface area contributed by atoms with Gasteiger partial charge in [0.15, 0.2) is 0 Å². The zero-order chi connectivity index (χ0) is 26.9. The van der Waals surface area contributed by atoms with Gasteiger partial charge in [-0.2, -0.15) is 5.10 Å². The van der Waals surface area contributed by atoms with Crippen LogP contribution < -0.4 is 10.5 Å². The van der Waals surface area contributed by atoms with E-state index in [1.807, 2.05) is 18.2 Å². The molecule has 8 heteroatoms. The van der Waals surface area contributed by atoms with Crippen LogP contribution in [-0.2, 0) is 22.6 Å². The Bertz CT molecular complexity index is 1690. The Morgan fingerprint density at radius 2 is 1.95 bits per heavy atom. The van der Waals surface area contributed by atoms with Gasteiger partial charge in [-0.3, -0.25) is 9.48 Å². The summed E-state index contributed by atoms with van der Waals surface area (Å²) in [5.41, 5.74) is 10.5. The van der Waals surface area contributed by atoms with Crippen molar-refractivity contribution in [2.75, 3.05) is 12.3 Å². The van der Waals surface area contributed by atoms with Crippen LogP contribution in [0.2, 0.25) is 0 Å². The molecule has 0 saturated heterocycles. The maximum atomic E-state index is 14.0. The fraction of sp³-hybridized carbons (Fsp3) is 0.258. The number of carbonyl (C=O) groups excluding carboxylic acids is 1. The molecule has 0 aliphatic heterocycles. The summed E-state index contributed by atoms with van der Waals surface area (Å²) < 4.78 is 27.3. The highest BCUT2D eigenvalue weighted by molar-refractivity contribution is 6.02. The third kappa shape index (κ3) is 4.78. The number of rotatable bonds is 8. The second-order valence-corrected chi connectivity index (χ2v) is 9.83. The van der Waals surface area contributed by atoms with Gasteiger partial charge in [0.2, 0.25) is 0 Å². The monoisotopic (exact) mass is 524 g/mol. The molecule has 2 aromatic heterocycles. The molecule has 0 amide bonds. The SMILES string of the molecule is CCOC(=O)Cc1cc(F)ccc1OCc1nn(C2CCC2)c2ccc(-c3cccc4c(N)nccc34)cc12. The molecule has 0 radical (unpaired) electrons. The number of hydrogen-bond donors (Lipinski definition) is 1. The first-order chi connectivity index (χ1) is 19.0. The highest BCUT2D eigenvalue weighted by Gasteiger charge is 2.24. The smallest absolute Gasteiger partial charge is 0.310 e. The van der Waals surface area contributed by atoms with Gasteiger partial charge >= 0.3 is 5.97 Å². The first kappa shape index (κ1) is 24.9. The number of nitrogens with zero attached hydrogens (tertiary/aromatic N) is 3. The van der Waals surface area contributed by atoms with E-state index in [4.69, 9.17) is 20.3 Å². The van der Waals surface area contributed by atoms with Gasteiger partial charge < -0.3 is 15.2 Å². The third-order valence-electron chi connectivity index (χ3n) is 7.38. The van der Waals surface area contributed by atoms with Crippen molar-refractivity contribution in [3.8, 4) is 16.9 Å². The Hall–Kier alpha value is -4.46. The molecule has 7 nitrogen and oxygen atoms in total. The number of carbonyl (C=O) groups is 1.